The first kappa shape index (κ1) is 8.91. The summed E-state index contributed by atoms with van der Waals surface area (Å²) >= 11 is 0. The van der Waals surface area contributed by atoms with Crippen molar-refractivity contribution in [2.75, 3.05) is 0 Å². The molecule has 0 radical (unpaired) electrons. The topological polar surface area (TPSA) is 77.1 Å². The van der Waals surface area contributed by atoms with E-state index in [1.807, 2.05) is 0 Å². The molecule has 0 aliphatic heterocycles. The molecule has 0 amide bonds. The minimum absolute atomic E-state index is 0.295. The van der Waals surface area contributed by atoms with Crippen LogP contribution in [-0.4, -0.2) is 5.71 Å². The van der Waals surface area contributed by atoms with Crippen molar-refractivity contribution < 1.29 is 9.52 Å². The van der Waals surface area contributed by atoms with Gasteiger partial charge in [0.25, 0.3) is 0 Å². The van der Waals surface area contributed by atoms with Gasteiger partial charge in [0.05, 0.1) is 11.7 Å². The number of nitrogens with one attached hydrogen (secondary N) is 1. The molecule has 0 atom stereocenters. The van der Waals surface area contributed by atoms with Gasteiger partial charge in [-0.2, -0.15) is 0 Å². The summed E-state index contributed by atoms with van der Waals surface area (Å²) in [5, 5.41) is 20.1. The highest BCUT2D eigenvalue weighted by atomic mass is 16.5. The van der Waals surface area contributed by atoms with Crippen LogP contribution >= 0.6 is 0 Å². The average molecular weight is 212 g/mol. The number of hydrogen-bond acceptors (Lipinski definition) is 4. The zero-order valence-corrected chi connectivity index (χ0v) is 8.11. The molecular formula is C12H6NO3-. The summed E-state index contributed by atoms with van der Waals surface area (Å²) in [5.41, 5.74) is 0.595. The Labute approximate surface area is 90.0 Å². The molecule has 1 N–H and O–H groups in total. The highest BCUT2D eigenvalue weighted by Crippen LogP contribution is 2.30. The van der Waals surface area contributed by atoms with Crippen molar-refractivity contribution in [3.8, 4) is 5.95 Å². The van der Waals surface area contributed by atoms with Crippen molar-refractivity contribution in [1.82, 2.24) is 0 Å². The monoisotopic (exact) mass is 212 g/mol. The minimum Gasteiger partial charge on any atom is -0.549 e. The predicted octanol–water partition coefficient (Wildman–Crippen LogP) is 1.26. The molecule has 4 heteroatoms. The largest absolute Gasteiger partial charge is 0.549 e. The van der Waals surface area contributed by atoms with Crippen molar-refractivity contribution in [3.05, 3.63) is 45.8 Å². The van der Waals surface area contributed by atoms with E-state index in [-0.39, 0.29) is 0 Å². The molecule has 78 valence electrons. The molecule has 1 heterocycles. The summed E-state index contributed by atoms with van der Waals surface area (Å²) in [5.74, 6) is -0.645. The summed E-state index contributed by atoms with van der Waals surface area (Å²) in [7, 11) is 0. The van der Waals surface area contributed by atoms with E-state index in [0.717, 1.165) is 0 Å². The van der Waals surface area contributed by atoms with Gasteiger partial charge < -0.3 is 14.9 Å². The van der Waals surface area contributed by atoms with Crippen molar-refractivity contribution in [1.29, 1.82) is 5.41 Å². The fraction of sp³-hybridized carbons (Fsp3) is 0. The molecule has 0 spiro atoms. The SMILES string of the molecule is N=C1C=Cc2c(=O)oc([O-])c3cccc1c23. The summed E-state index contributed by atoms with van der Waals surface area (Å²) in [6.07, 6.45) is 3.04. The Kier molecular flexibility index (Phi) is 1.57. The summed E-state index contributed by atoms with van der Waals surface area (Å²) in [4.78, 5) is 11.5. The van der Waals surface area contributed by atoms with Gasteiger partial charge in [0.15, 0.2) is 0 Å². The van der Waals surface area contributed by atoms with Crippen LogP contribution in [0.3, 0.4) is 0 Å². The molecule has 1 aromatic carbocycles. The lowest BCUT2D eigenvalue weighted by Gasteiger charge is -2.16. The second kappa shape index (κ2) is 2.82. The van der Waals surface area contributed by atoms with Gasteiger partial charge in [-0.3, -0.25) is 4.79 Å². The van der Waals surface area contributed by atoms with Crippen LogP contribution in [0.15, 0.2) is 33.5 Å². The molecule has 1 aliphatic carbocycles. The maximum atomic E-state index is 11.5. The molecule has 2 aromatic rings. The van der Waals surface area contributed by atoms with Crippen LogP contribution in [0, 0.1) is 5.41 Å². The molecule has 0 saturated heterocycles. The Morgan fingerprint density at radius 3 is 2.88 bits per heavy atom. The summed E-state index contributed by atoms with van der Waals surface area (Å²) < 4.78 is 4.60. The summed E-state index contributed by atoms with van der Waals surface area (Å²) in [6.45, 7) is 0. The van der Waals surface area contributed by atoms with Crippen molar-refractivity contribution >= 4 is 22.6 Å². The zero-order chi connectivity index (χ0) is 11.3. The van der Waals surface area contributed by atoms with Crippen LogP contribution < -0.4 is 10.7 Å². The predicted molar refractivity (Wildman–Crippen MR) is 57.8 cm³/mol. The van der Waals surface area contributed by atoms with Crippen LogP contribution in [0.1, 0.15) is 11.1 Å². The Bertz CT molecular complexity index is 710. The van der Waals surface area contributed by atoms with E-state index < -0.39 is 11.6 Å². The van der Waals surface area contributed by atoms with Gasteiger partial charge in [-0.15, -0.1) is 0 Å². The zero-order valence-electron chi connectivity index (χ0n) is 8.11. The standard InChI is InChI=1S/C12H7NO3/c13-9-5-4-8-10-6(9)2-1-3-7(10)11(14)16-12(8)15/h1-5,13-14H/p-1. The van der Waals surface area contributed by atoms with E-state index in [4.69, 9.17) is 5.41 Å². The van der Waals surface area contributed by atoms with E-state index in [1.54, 1.807) is 18.2 Å². The molecule has 4 nitrogen and oxygen atoms in total. The third kappa shape index (κ3) is 0.982. The second-order valence-corrected chi connectivity index (χ2v) is 3.57. The van der Waals surface area contributed by atoms with Crippen molar-refractivity contribution in [2.24, 2.45) is 0 Å². The molecule has 0 saturated carbocycles. The van der Waals surface area contributed by atoms with E-state index >= 15 is 0 Å². The van der Waals surface area contributed by atoms with Gasteiger partial charge in [-0.25, -0.2) is 0 Å². The first-order valence-corrected chi connectivity index (χ1v) is 4.72. The number of benzene rings is 1. The van der Waals surface area contributed by atoms with E-state index in [2.05, 4.69) is 4.42 Å². The smallest absolute Gasteiger partial charge is 0.234 e. The molecule has 1 aliphatic rings. The van der Waals surface area contributed by atoms with E-state index in [1.165, 1.54) is 12.2 Å². The van der Waals surface area contributed by atoms with Gasteiger partial charge in [-0.05, 0) is 12.2 Å². The van der Waals surface area contributed by atoms with Crippen LogP contribution in [0.5, 0.6) is 5.95 Å². The van der Waals surface area contributed by atoms with Gasteiger partial charge in [-0.1, -0.05) is 18.2 Å². The Balaban J connectivity index is 2.67. The first-order chi connectivity index (χ1) is 7.68. The molecule has 0 unspecified atom stereocenters. The lowest BCUT2D eigenvalue weighted by molar-refractivity contribution is -0.293. The Hall–Kier alpha value is -2.36. The van der Waals surface area contributed by atoms with Crippen LogP contribution in [0.25, 0.3) is 16.8 Å². The molecule has 0 fully saturated rings. The molecule has 1 aromatic heterocycles. The van der Waals surface area contributed by atoms with E-state index in [9.17, 15) is 9.90 Å². The Morgan fingerprint density at radius 1 is 1.25 bits per heavy atom. The number of allylic oxidation sites excluding steroid dienone is 1. The van der Waals surface area contributed by atoms with Crippen molar-refractivity contribution in [2.45, 2.75) is 0 Å². The maximum Gasteiger partial charge on any atom is 0.234 e. The quantitative estimate of drug-likeness (QED) is 0.714. The van der Waals surface area contributed by atoms with Crippen LogP contribution in [-0.2, 0) is 0 Å². The highest BCUT2D eigenvalue weighted by Gasteiger charge is 2.14. The second-order valence-electron chi connectivity index (χ2n) is 3.57. The van der Waals surface area contributed by atoms with Crippen LogP contribution in [0.4, 0.5) is 0 Å². The summed E-state index contributed by atoms with van der Waals surface area (Å²) in [6, 6.07) is 4.99. The number of hydrogen-bond donors (Lipinski definition) is 1. The van der Waals surface area contributed by atoms with E-state index in [0.29, 0.717) is 27.6 Å². The lowest BCUT2D eigenvalue weighted by Crippen LogP contribution is -2.12. The molecule has 3 rings (SSSR count). The normalized spacial score (nSPS) is 13.4. The average Bonchev–Trinajstić information content (AvgIpc) is 2.27. The maximum absolute atomic E-state index is 11.5. The third-order valence-electron chi connectivity index (χ3n) is 2.67. The first-order valence-electron chi connectivity index (χ1n) is 4.72. The third-order valence-corrected chi connectivity index (χ3v) is 2.67. The fourth-order valence-electron chi connectivity index (χ4n) is 1.94. The van der Waals surface area contributed by atoms with Gasteiger partial charge >= 0.3 is 0 Å². The fourth-order valence-corrected chi connectivity index (χ4v) is 1.94. The molecule has 16 heavy (non-hydrogen) atoms. The van der Waals surface area contributed by atoms with Crippen LogP contribution in [0.2, 0.25) is 0 Å². The minimum atomic E-state index is -0.645. The van der Waals surface area contributed by atoms with Gasteiger partial charge in [0.2, 0.25) is 5.63 Å². The molecule has 0 bridgehead atoms. The van der Waals surface area contributed by atoms with Gasteiger partial charge in [0, 0.05) is 21.9 Å². The molecular weight excluding hydrogens is 206 g/mol. The highest BCUT2D eigenvalue weighted by molar-refractivity contribution is 6.21. The Morgan fingerprint density at radius 2 is 2.06 bits per heavy atom. The lowest BCUT2D eigenvalue weighted by atomic mass is 9.94. The van der Waals surface area contributed by atoms with Gasteiger partial charge in [0.1, 0.15) is 0 Å². The van der Waals surface area contributed by atoms with Crippen molar-refractivity contribution in [3.63, 3.8) is 0 Å². The number of rotatable bonds is 0.